The molecule has 1 fully saturated rings. The lowest BCUT2D eigenvalue weighted by molar-refractivity contribution is 1.36. The first-order valence-electron chi connectivity index (χ1n) is 5.83. The molecular weight excluding hydrogens is 208 g/mol. The Hall–Kier alpha value is -2.22. The first kappa shape index (κ1) is 7.96. The minimum absolute atomic E-state index is 1.09. The van der Waals surface area contributed by atoms with Crippen molar-refractivity contribution < 1.29 is 0 Å². The number of rotatable bonds is 0. The van der Waals surface area contributed by atoms with Crippen LogP contribution >= 0.6 is 0 Å². The van der Waals surface area contributed by atoms with Crippen molar-refractivity contribution in [2.45, 2.75) is 6.42 Å². The molecule has 0 radical (unpaired) electrons. The SMILES string of the molecule is c1cnc2c(c1)c1c(c3ncccc32)=C2CC=12. The monoisotopic (exact) mass is 216 g/mol. The lowest BCUT2D eigenvalue weighted by atomic mass is 9.99. The van der Waals surface area contributed by atoms with Crippen molar-refractivity contribution in [3.63, 3.8) is 0 Å². The molecule has 0 saturated heterocycles. The normalized spacial score (nSPS) is 15.8. The van der Waals surface area contributed by atoms with Gasteiger partial charge in [0.05, 0.1) is 11.0 Å². The third-order valence-corrected chi connectivity index (χ3v) is 3.82. The average Bonchev–Trinajstić information content (AvgIpc) is 3.06. The average molecular weight is 216 g/mol. The summed E-state index contributed by atoms with van der Waals surface area (Å²) in [6, 6.07) is 8.31. The first-order chi connectivity index (χ1) is 8.45. The van der Waals surface area contributed by atoms with E-state index in [1.54, 1.807) is 0 Å². The van der Waals surface area contributed by atoms with Crippen LogP contribution in [-0.2, 0) is 0 Å². The van der Waals surface area contributed by atoms with Crippen molar-refractivity contribution in [3.8, 4) is 0 Å². The highest BCUT2D eigenvalue weighted by Gasteiger charge is 2.33. The molecule has 17 heavy (non-hydrogen) atoms. The standard InChI is InChI=1S/C15H8N2/c1-3-8-12-10-7-11(10)13(12)15-9(4-2-6-17-15)14(8)16-5-1/h1-6H,7H2. The van der Waals surface area contributed by atoms with Gasteiger partial charge in [-0.25, -0.2) is 0 Å². The lowest BCUT2D eigenvalue weighted by Crippen LogP contribution is -2.32. The number of hydrogen-bond donors (Lipinski definition) is 0. The van der Waals surface area contributed by atoms with E-state index < -0.39 is 0 Å². The van der Waals surface area contributed by atoms with Crippen LogP contribution in [0.15, 0.2) is 36.7 Å². The summed E-state index contributed by atoms with van der Waals surface area (Å²) in [6.07, 6.45) is 4.90. The van der Waals surface area contributed by atoms with E-state index in [1.165, 1.54) is 32.4 Å². The highest BCUT2D eigenvalue weighted by atomic mass is 14.7. The second-order valence-corrected chi connectivity index (χ2v) is 4.68. The van der Waals surface area contributed by atoms with Gasteiger partial charge in [0.2, 0.25) is 0 Å². The molecule has 5 rings (SSSR count). The molecule has 2 nitrogen and oxygen atoms in total. The van der Waals surface area contributed by atoms with E-state index in [2.05, 4.69) is 22.1 Å². The van der Waals surface area contributed by atoms with E-state index >= 15 is 0 Å². The maximum absolute atomic E-state index is 4.55. The summed E-state index contributed by atoms with van der Waals surface area (Å²) in [4.78, 5) is 9.08. The number of aromatic nitrogens is 2. The fraction of sp³-hybridized carbons (Fsp3) is 0.0667. The van der Waals surface area contributed by atoms with Crippen LogP contribution in [0, 0.1) is 0 Å². The molecular formula is C15H8N2. The van der Waals surface area contributed by atoms with Crippen molar-refractivity contribution in [2.75, 3.05) is 0 Å². The van der Waals surface area contributed by atoms with E-state index in [4.69, 9.17) is 0 Å². The predicted molar refractivity (Wildman–Crippen MR) is 67.7 cm³/mol. The molecule has 0 unspecified atom stereocenters. The van der Waals surface area contributed by atoms with E-state index in [0.717, 1.165) is 17.5 Å². The topological polar surface area (TPSA) is 25.8 Å². The van der Waals surface area contributed by atoms with Gasteiger partial charge in [-0.15, -0.1) is 0 Å². The molecule has 0 amide bonds. The van der Waals surface area contributed by atoms with Crippen molar-refractivity contribution >= 4 is 33.0 Å². The smallest absolute Gasteiger partial charge is 0.0805 e. The summed E-state index contributed by atoms with van der Waals surface area (Å²) < 4.78 is 0. The van der Waals surface area contributed by atoms with Crippen LogP contribution in [-0.4, -0.2) is 9.97 Å². The van der Waals surface area contributed by atoms with Gasteiger partial charge in [0.1, 0.15) is 0 Å². The van der Waals surface area contributed by atoms with Crippen LogP contribution in [0.3, 0.4) is 0 Å². The quantitative estimate of drug-likeness (QED) is 0.532. The third-order valence-electron chi connectivity index (χ3n) is 3.82. The maximum atomic E-state index is 4.55. The zero-order valence-corrected chi connectivity index (χ0v) is 9.07. The molecule has 2 aromatic heterocycles. The van der Waals surface area contributed by atoms with Crippen LogP contribution in [0.4, 0.5) is 0 Å². The van der Waals surface area contributed by atoms with Crippen LogP contribution < -0.4 is 10.4 Å². The molecule has 0 atom stereocenters. The summed E-state index contributed by atoms with van der Waals surface area (Å²) in [5.74, 6) is 0. The Morgan fingerprint density at radius 3 is 2.35 bits per heavy atom. The molecule has 2 heteroatoms. The lowest BCUT2D eigenvalue weighted by Gasteiger charge is -2.08. The maximum Gasteiger partial charge on any atom is 0.0805 e. The Balaban J connectivity index is 2.29. The van der Waals surface area contributed by atoms with Gasteiger partial charge in [-0.05, 0) is 41.0 Å². The fourth-order valence-electron chi connectivity index (χ4n) is 3.03. The molecule has 0 bridgehead atoms. The molecule has 78 valence electrons. The fourth-order valence-corrected chi connectivity index (χ4v) is 3.03. The minimum atomic E-state index is 1.09. The van der Waals surface area contributed by atoms with Gasteiger partial charge in [-0.2, -0.15) is 0 Å². The van der Waals surface area contributed by atoms with Crippen molar-refractivity contribution in [1.82, 2.24) is 9.97 Å². The molecule has 1 saturated carbocycles. The van der Waals surface area contributed by atoms with Gasteiger partial charge in [0, 0.05) is 28.4 Å². The summed E-state index contributed by atoms with van der Waals surface area (Å²) in [5, 5.41) is 5.27. The number of nitrogens with zero attached hydrogens (tertiary/aromatic N) is 2. The van der Waals surface area contributed by atoms with Gasteiger partial charge in [0.25, 0.3) is 0 Å². The molecule has 2 aliphatic rings. The predicted octanol–water partition coefficient (Wildman–Crippen LogP) is 1.50. The summed E-state index contributed by atoms with van der Waals surface area (Å²) >= 11 is 0. The van der Waals surface area contributed by atoms with Crippen molar-refractivity contribution in [2.24, 2.45) is 0 Å². The zero-order valence-electron chi connectivity index (χ0n) is 9.07. The molecule has 0 aliphatic heterocycles. The minimum Gasteiger partial charge on any atom is -0.256 e. The van der Waals surface area contributed by atoms with Gasteiger partial charge in [-0.3, -0.25) is 9.97 Å². The summed E-state index contributed by atoms with van der Waals surface area (Å²) in [6.45, 7) is 0. The number of fused-ring (bicyclic) bond motifs is 7. The Kier molecular flexibility index (Phi) is 1.11. The third kappa shape index (κ3) is 0.772. The Labute approximate surface area is 96.9 Å². The second kappa shape index (κ2) is 2.38. The molecule has 0 N–H and O–H groups in total. The Morgan fingerprint density at radius 2 is 1.47 bits per heavy atom. The van der Waals surface area contributed by atoms with Crippen molar-refractivity contribution in [1.29, 1.82) is 0 Å². The highest BCUT2D eigenvalue weighted by molar-refractivity contribution is 6.20. The first-order valence-corrected chi connectivity index (χ1v) is 5.83. The van der Waals surface area contributed by atoms with Gasteiger partial charge in [0.15, 0.2) is 0 Å². The van der Waals surface area contributed by atoms with Gasteiger partial charge >= 0.3 is 0 Å². The summed E-state index contributed by atoms with van der Waals surface area (Å²) in [7, 11) is 0. The van der Waals surface area contributed by atoms with Crippen LogP contribution in [0.5, 0.6) is 0 Å². The van der Waals surface area contributed by atoms with E-state index in [-0.39, 0.29) is 0 Å². The van der Waals surface area contributed by atoms with Crippen LogP contribution in [0.25, 0.3) is 33.0 Å². The molecule has 2 heterocycles. The Morgan fingerprint density at radius 1 is 0.765 bits per heavy atom. The zero-order chi connectivity index (χ0) is 11.0. The number of hydrogen-bond acceptors (Lipinski definition) is 2. The van der Waals surface area contributed by atoms with Gasteiger partial charge < -0.3 is 0 Å². The van der Waals surface area contributed by atoms with E-state index in [1.807, 2.05) is 24.5 Å². The Bertz CT molecular complexity index is 873. The second-order valence-electron chi connectivity index (χ2n) is 4.68. The van der Waals surface area contributed by atoms with Crippen molar-refractivity contribution in [3.05, 3.63) is 47.1 Å². The highest BCUT2D eigenvalue weighted by Crippen LogP contribution is 2.42. The van der Waals surface area contributed by atoms with E-state index in [0.29, 0.717) is 0 Å². The van der Waals surface area contributed by atoms with E-state index in [9.17, 15) is 0 Å². The molecule has 3 aromatic rings. The summed E-state index contributed by atoms with van der Waals surface area (Å²) in [5.41, 5.74) is 5.28. The van der Waals surface area contributed by atoms with Crippen LogP contribution in [0.2, 0.25) is 0 Å². The molecule has 1 aromatic carbocycles. The molecule has 0 spiro atoms. The van der Waals surface area contributed by atoms with Crippen LogP contribution in [0.1, 0.15) is 6.42 Å². The largest absolute Gasteiger partial charge is 0.256 e. The number of benzene rings is 1. The van der Waals surface area contributed by atoms with Gasteiger partial charge in [-0.1, -0.05) is 6.07 Å². The number of pyridine rings is 2. The molecule has 2 aliphatic carbocycles.